The third-order valence-corrected chi connectivity index (χ3v) is 4.87. The van der Waals surface area contributed by atoms with Crippen molar-refractivity contribution in [1.29, 1.82) is 0 Å². The van der Waals surface area contributed by atoms with Crippen molar-refractivity contribution in [3.8, 4) is 0 Å². The molecule has 21 heavy (non-hydrogen) atoms. The number of benzene rings is 2. The second-order valence-corrected chi connectivity index (χ2v) is 6.41. The molecule has 0 unspecified atom stereocenters. The van der Waals surface area contributed by atoms with Crippen molar-refractivity contribution in [2.45, 2.75) is 5.28 Å². The summed E-state index contributed by atoms with van der Waals surface area (Å²) in [5, 5.41) is 1.39. The number of rotatable bonds is 6. The number of nitrogens with one attached hydrogen (secondary N) is 1. The molecule has 3 N–H and O–H groups in total. The molecule has 2 rings (SSSR count). The molecular formula is C16H18NO3P. The summed E-state index contributed by atoms with van der Waals surface area (Å²) in [6.07, 6.45) is 1.58. The topological polar surface area (TPSA) is 69.6 Å². The Balaban J connectivity index is 2.72. The molecule has 5 heteroatoms. The van der Waals surface area contributed by atoms with Crippen LogP contribution in [0.5, 0.6) is 0 Å². The van der Waals surface area contributed by atoms with E-state index in [1.165, 1.54) is 0 Å². The van der Waals surface area contributed by atoms with Gasteiger partial charge in [-0.15, -0.1) is 6.58 Å². The van der Waals surface area contributed by atoms with E-state index in [2.05, 4.69) is 11.9 Å². The van der Waals surface area contributed by atoms with Crippen molar-refractivity contribution in [2.24, 2.45) is 0 Å². The zero-order valence-corrected chi connectivity index (χ0v) is 12.4. The van der Waals surface area contributed by atoms with Gasteiger partial charge in [-0.3, -0.25) is 9.88 Å². The first-order valence-corrected chi connectivity index (χ1v) is 8.16. The van der Waals surface area contributed by atoms with Crippen LogP contribution in [0.1, 0.15) is 11.1 Å². The highest BCUT2D eigenvalue weighted by Gasteiger charge is 2.49. The third-order valence-electron chi connectivity index (χ3n) is 3.32. The summed E-state index contributed by atoms with van der Waals surface area (Å²) in [7, 11) is -4.54. The first-order valence-electron chi connectivity index (χ1n) is 6.55. The Labute approximate surface area is 124 Å². The predicted molar refractivity (Wildman–Crippen MR) is 83.9 cm³/mol. The van der Waals surface area contributed by atoms with Gasteiger partial charge in [0.25, 0.3) is 0 Å². The van der Waals surface area contributed by atoms with Crippen LogP contribution in [0.4, 0.5) is 0 Å². The van der Waals surface area contributed by atoms with Gasteiger partial charge in [0.2, 0.25) is 0 Å². The fourth-order valence-corrected chi connectivity index (χ4v) is 3.66. The molecule has 0 aliphatic carbocycles. The maximum atomic E-state index is 12.4. The van der Waals surface area contributed by atoms with Gasteiger partial charge in [-0.05, 0) is 11.1 Å². The molecule has 2 aromatic carbocycles. The average molecular weight is 303 g/mol. The maximum Gasteiger partial charge on any atom is 0.354 e. The standard InChI is InChI=1S/C16H18NO3P/c1-2-13-17-16(21(18,19)20,14-9-5-3-6-10-14)15-11-7-4-8-12-15/h2-12,17H,1,13H2,(H2,18,19,20). The van der Waals surface area contributed by atoms with Crippen molar-refractivity contribution in [2.75, 3.05) is 6.54 Å². The summed E-state index contributed by atoms with van der Waals surface area (Å²) < 4.78 is 12.4. The van der Waals surface area contributed by atoms with Gasteiger partial charge in [0, 0.05) is 6.54 Å². The molecule has 0 fully saturated rings. The van der Waals surface area contributed by atoms with Crippen LogP contribution in [0.2, 0.25) is 0 Å². The molecule has 0 amide bonds. The molecule has 0 aliphatic rings. The van der Waals surface area contributed by atoms with E-state index in [0.29, 0.717) is 11.1 Å². The average Bonchev–Trinajstić information content (AvgIpc) is 2.49. The lowest BCUT2D eigenvalue weighted by molar-refractivity contribution is 0.322. The van der Waals surface area contributed by atoms with Gasteiger partial charge in [-0.1, -0.05) is 66.7 Å². The minimum Gasteiger partial charge on any atom is -0.323 e. The Kier molecular flexibility index (Phi) is 4.76. The normalized spacial score (nSPS) is 12.1. The van der Waals surface area contributed by atoms with Gasteiger partial charge in [0.15, 0.2) is 5.28 Å². The molecule has 0 heterocycles. The van der Waals surface area contributed by atoms with Crippen molar-refractivity contribution < 1.29 is 14.4 Å². The molecular weight excluding hydrogens is 285 g/mol. The Hall–Kier alpha value is -1.71. The molecule has 0 radical (unpaired) electrons. The van der Waals surface area contributed by atoms with E-state index >= 15 is 0 Å². The van der Waals surface area contributed by atoms with E-state index < -0.39 is 12.9 Å². The molecule has 0 spiro atoms. The van der Waals surface area contributed by atoms with Gasteiger partial charge >= 0.3 is 7.60 Å². The number of hydrogen-bond acceptors (Lipinski definition) is 2. The van der Waals surface area contributed by atoms with Crippen molar-refractivity contribution >= 4 is 7.60 Å². The van der Waals surface area contributed by atoms with Crippen LogP contribution in [0.25, 0.3) is 0 Å². The second kappa shape index (κ2) is 6.37. The summed E-state index contributed by atoms with van der Waals surface area (Å²) in [5.74, 6) is 0. The SMILES string of the molecule is C=CCNC(c1ccccc1)(c1ccccc1)P(=O)(O)O. The lowest BCUT2D eigenvalue weighted by Gasteiger charge is -2.36. The summed E-state index contributed by atoms with van der Waals surface area (Å²) in [6.45, 7) is 3.89. The Bertz CT molecular complexity index is 598. The van der Waals surface area contributed by atoms with Crippen LogP contribution >= 0.6 is 7.60 Å². The highest BCUT2D eigenvalue weighted by Crippen LogP contribution is 2.58. The minimum absolute atomic E-state index is 0.273. The van der Waals surface area contributed by atoms with E-state index in [1.54, 1.807) is 54.6 Å². The van der Waals surface area contributed by atoms with Crippen LogP contribution in [0, 0.1) is 0 Å². The molecule has 0 aliphatic heterocycles. The summed E-state index contributed by atoms with van der Waals surface area (Å²) in [6, 6.07) is 17.5. The molecule has 0 atom stereocenters. The predicted octanol–water partition coefficient (Wildman–Crippen LogP) is 2.84. The minimum atomic E-state index is -4.54. The van der Waals surface area contributed by atoms with E-state index in [1.807, 2.05) is 12.1 Å². The Morgan fingerprint density at radius 2 is 1.43 bits per heavy atom. The van der Waals surface area contributed by atoms with Crippen LogP contribution in [0.3, 0.4) is 0 Å². The van der Waals surface area contributed by atoms with Gasteiger partial charge in [0.1, 0.15) is 0 Å². The summed E-state index contributed by atoms with van der Waals surface area (Å²) >= 11 is 0. The van der Waals surface area contributed by atoms with Gasteiger partial charge in [-0.25, -0.2) is 0 Å². The number of hydrogen-bond donors (Lipinski definition) is 3. The quantitative estimate of drug-likeness (QED) is 0.567. The lowest BCUT2D eigenvalue weighted by Crippen LogP contribution is -2.43. The van der Waals surface area contributed by atoms with Crippen LogP contribution in [-0.2, 0) is 9.85 Å². The van der Waals surface area contributed by atoms with Crippen molar-refractivity contribution in [3.63, 3.8) is 0 Å². The largest absolute Gasteiger partial charge is 0.354 e. The highest BCUT2D eigenvalue weighted by molar-refractivity contribution is 7.53. The van der Waals surface area contributed by atoms with Crippen LogP contribution in [0.15, 0.2) is 73.3 Å². The monoisotopic (exact) mass is 303 g/mol. The van der Waals surface area contributed by atoms with Gasteiger partial charge in [0.05, 0.1) is 0 Å². The van der Waals surface area contributed by atoms with Crippen LogP contribution in [-0.4, -0.2) is 16.3 Å². The zero-order chi connectivity index (χ0) is 15.3. The highest BCUT2D eigenvalue weighted by atomic mass is 31.2. The van der Waals surface area contributed by atoms with E-state index in [4.69, 9.17) is 0 Å². The van der Waals surface area contributed by atoms with Crippen molar-refractivity contribution in [1.82, 2.24) is 5.32 Å². The second-order valence-electron chi connectivity index (χ2n) is 4.66. The molecule has 0 saturated heterocycles. The van der Waals surface area contributed by atoms with E-state index in [0.717, 1.165) is 0 Å². The Morgan fingerprint density at radius 1 is 1.00 bits per heavy atom. The van der Waals surface area contributed by atoms with E-state index in [-0.39, 0.29) is 6.54 Å². The summed E-state index contributed by atoms with van der Waals surface area (Å²) in [5.41, 5.74) is 1.04. The maximum absolute atomic E-state index is 12.4. The molecule has 0 saturated carbocycles. The molecule has 0 bridgehead atoms. The van der Waals surface area contributed by atoms with Crippen molar-refractivity contribution in [3.05, 3.63) is 84.4 Å². The van der Waals surface area contributed by atoms with Gasteiger partial charge in [-0.2, -0.15) is 0 Å². The smallest absolute Gasteiger partial charge is 0.323 e. The molecule has 2 aromatic rings. The molecule has 110 valence electrons. The van der Waals surface area contributed by atoms with Gasteiger partial charge < -0.3 is 9.79 Å². The first kappa shape index (κ1) is 15.7. The third kappa shape index (κ3) is 2.99. The first-order chi connectivity index (χ1) is 10.0. The Morgan fingerprint density at radius 3 is 1.76 bits per heavy atom. The fourth-order valence-electron chi connectivity index (χ4n) is 2.39. The fraction of sp³-hybridized carbons (Fsp3) is 0.125. The van der Waals surface area contributed by atoms with Crippen LogP contribution < -0.4 is 5.32 Å². The molecule has 4 nitrogen and oxygen atoms in total. The lowest BCUT2D eigenvalue weighted by atomic mass is 9.97. The zero-order valence-electron chi connectivity index (χ0n) is 11.5. The van der Waals surface area contributed by atoms with E-state index in [9.17, 15) is 14.4 Å². The molecule has 0 aromatic heterocycles. The summed E-state index contributed by atoms with van der Waals surface area (Å²) in [4.78, 5) is 20.2.